The summed E-state index contributed by atoms with van der Waals surface area (Å²) in [5.41, 5.74) is 1.22. The number of hydrogen-bond acceptors (Lipinski definition) is 4. The fraction of sp³-hybridized carbons (Fsp3) is 0.647. The van der Waals surface area contributed by atoms with E-state index in [-0.39, 0.29) is 0 Å². The monoisotopic (exact) mass is 291 g/mol. The Kier molecular flexibility index (Phi) is 5.35. The number of ether oxygens (including phenoxy) is 3. The third kappa shape index (κ3) is 4.35. The molecule has 1 fully saturated rings. The second kappa shape index (κ2) is 7.66. The quantitative estimate of drug-likeness (QED) is 0.818. The first-order valence-electron chi connectivity index (χ1n) is 8.13. The summed E-state index contributed by atoms with van der Waals surface area (Å²) >= 11 is 0. The molecule has 21 heavy (non-hydrogen) atoms. The lowest BCUT2D eigenvalue weighted by Gasteiger charge is -2.22. The molecule has 1 saturated carbocycles. The van der Waals surface area contributed by atoms with Gasteiger partial charge in [0.1, 0.15) is 13.2 Å². The molecule has 0 spiro atoms. The van der Waals surface area contributed by atoms with Gasteiger partial charge in [-0.05, 0) is 30.5 Å². The minimum absolute atomic E-state index is 0.495. The maximum Gasteiger partial charge on any atom is 0.161 e. The summed E-state index contributed by atoms with van der Waals surface area (Å²) in [5, 5.41) is 3.43. The summed E-state index contributed by atoms with van der Waals surface area (Å²) in [7, 11) is 0. The SMILES string of the molecule is c1cc2c(cc1CNCCOC1CCCCC1)OCCO2. The molecule has 1 aliphatic heterocycles. The Labute approximate surface area is 126 Å². The molecule has 0 aromatic heterocycles. The Hall–Kier alpha value is -1.26. The third-order valence-corrected chi connectivity index (χ3v) is 4.12. The van der Waals surface area contributed by atoms with Gasteiger partial charge in [0.2, 0.25) is 0 Å². The molecule has 116 valence electrons. The summed E-state index contributed by atoms with van der Waals surface area (Å²) in [6, 6.07) is 6.13. The first-order valence-corrected chi connectivity index (χ1v) is 8.13. The summed E-state index contributed by atoms with van der Waals surface area (Å²) in [6.45, 7) is 3.81. The second-order valence-electron chi connectivity index (χ2n) is 5.79. The van der Waals surface area contributed by atoms with E-state index in [1.165, 1.54) is 37.7 Å². The molecule has 0 radical (unpaired) electrons. The van der Waals surface area contributed by atoms with Crippen LogP contribution in [0.4, 0.5) is 0 Å². The van der Waals surface area contributed by atoms with Crippen molar-refractivity contribution in [2.45, 2.75) is 44.8 Å². The van der Waals surface area contributed by atoms with E-state index in [0.717, 1.165) is 31.2 Å². The lowest BCUT2D eigenvalue weighted by molar-refractivity contribution is 0.0302. The summed E-state index contributed by atoms with van der Waals surface area (Å²) in [4.78, 5) is 0. The van der Waals surface area contributed by atoms with Gasteiger partial charge >= 0.3 is 0 Å². The zero-order valence-electron chi connectivity index (χ0n) is 12.6. The topological polar surface area (TPSA) is 39.7 Å². The van der Waals surface area contributed by atoms with E-state index >= 15 is 0 Å². The maximum atomic E-state index is 5.90. The first kappa shape index (κ1) is 14.7. The lowest BCUT2D eigenvalue weighted by atomic mass is 9.98. The molecule has 4 heteroatoms. The zero-order chi connectivity index (χ0) is 14.3. The van der Waals surface area contributed by atoms with Gasteiger partial charge in [0.25, 0.3) is 0 Å². The molecule has 1 aromatic rings. The van der Waals surface area contributed by atoms with Crippen LogP contribution in [-0.2, 0) is 11.3 Å². The highest BCUT2D eigenvalue weighted by Crippen LogP contribution is 2.30. The number of fused-ring (bicyclic) bond motifs is 1. The predicted molar refractivity (Wildman–Crippen MR) is 82.0 cm³/mol. The van der Waals surface area contributed by atoms with Gasteiger partial charge in [0.15, 0.2) is 11.5 Å². The van der Waals surface area contributed by atoms with Crippen molar-refractivity contribution in [3.63, 3.8) is 0 Å². The van der Waals surface area contributed by atoms with E-state index in [1.807, 2.05) is 6.07 Å². The van der Waals surface area contributed by atoms with Crippen molar-refractivity contribution < 1.29 is 14.2 Å². The second-order valence-corrected chi connectivity index (χ2v) is 5.79. The molecule has 0 atom stereocenters. The van der Waals surface area contributed by atoms with E-state index in [2.05, 4.69) is 17.4 Å². The van der Waals surface area contributed by atoms with Crippen LogP contribution >= 0.6 is 0 Å². The molecular formula is C17H25NO3. The van der Waals surface area contributed by atoms with Gasteiger partial charge in [0.05, 0.1) is 12.7 Å². The Morgan fingerprint density at radius 1 is 1.05 bits per heavy atom. The molecule has 1 heterocycles. The Morgan fingerprint density at radius 3 is 2.71 bits per heavy atom. The molecule has 0 bridgehead atoms. The fourth-order valence-electron chi connectivity index (χ4n) is 2.96. The van der Waals surface area contributed by atoms with Crippen LogP contribution in [-0.4, -0.2) is 32.5 Å². The average molecular weight is 291 g/mol. The van der Waals surface area contributed by atoms with Crippen LogP contribution in [0.3, 0.4) is 0 Å². The average Bonchev–Trinajstić information content (AvgIpc) is 2.55. The van der Waals surface area contributed by atoms with Crippen molar-refractivity contribution in [2.75, 3.05) is 26.4 Å². The molecule has 0 unspecified atom stereocenters. The van der Waals surface area contributed by atoms with Gasteiger partial charge in [0, 0.05) is 13.1 Å². The van der Waals surface area contributed by atoms with Gasteiger partial charge in [-0.15, -0.1) is 0 Å². The van der Waals surface area contributed by atoms with Crippen molar-refractivity contribution >= 4 is 0 Å². The molecular weight excluding hydrogens is 266 g/mol. The van der Waals surface area contributed by atoms with Crippen LogP contribution in [0.1, 0.15) is 37.7 Å². The Morgan fingerprint density at radius 2 is 1.86 bits per heavy atom. The van der Waals surface area contributed by atoms with E-state index in [1.54, 1.807) is 0 Å². The minimum atomic E-state index is 0.495. The minimum Gasteiger partial charge on any atom is -0.486 e. The molecule has 4 nitrogen and oxygen atoms in total. The predicted octanol–water partition coefficient (Wildman–Crippen LogP) is 2.90. The Bertz CT molecular complexity index is 444. The molecule has 0 saturated heterocycles. The molecule has 1 aromatic carbocycles. The normalized spacial score (nSPS) is 18.7. The molecule has 2 aliphatic rings. The van der Waals surface area contributed by atoms with Crippen LogP contribution in [0.15, 0.2) is 18.2 Å². The van der Waals surface area contributed by atoms with Crippen molar-refractivity contribution in [1.82, 2.24) is 5.32 Å². The number of rotatable bonds is 6. The molecule has 0 amide bonds. The van der Waals surface area contributed by atoms with Crippen LogP contribution in [0.2, 0.25) is 0 Å². The fourth-order valence-corrected chi connectivity index (χ4v) is 2.96. The smallest absolute Gasteiger partial charge is 0.161 e. The molecule has 1 aliphatic carbocycles. The number of benzene rings is 1. The highest BCUT2D eigenvalue weighted by molar-refractivity contribution is 5.43. The Balaban J connectivity index is 1.35. The van der Waals surface area contributed by atoms with E-state index in [4.69, 9.17) is 14.2 Å². The summed E-state index contributed by atoms with van der Waals surface area (Å²) in [6.07, 6.45) is 7.01. The number of nitrogens with one attached hydrogen (secondary N) is 1. The largest absolute Gasteiger partial charge is 0.486 e. The van der Waals surface area contributed by atoms with Gasteiger partial charge in [-0.2, -0.15) is 0 Å². The van der Waals surface area contributed by atoms with Crippen molar-refractivity contribution in [1.29, 1.82) is 0 Å². The van der Waals surface area contributed by atoms with Crippen molar-refractivity contribution in [2.24, 2.45) is 0 Å². The maximum absolute atomic E-state index is 5.90. The van der Waals surface area contributed by atoms with Crippen molar-refractivity contribution in [3.05, 3.63) is 23.8 Å². The lowest BCUT2D eigenvalue weighted by Crippen LogP contribution is -2.24. The standard InChI is InChI=1S/C17H25NO3/c1-2-4-15(5-3-1)19-9-8-18-13-14-6-7-16-17(12-14)21-11-10-20-16/h6-7,12,15,18H,1-5,8-11,13H2. The third-order valence-electron chi connectivity index (χ3n) is 4.12. The zero-order valence-corrected chi connectivity index (χ0v) is 12.6. The van der Waals surface area contributed by atoms with Crippen LogP contribution in [0.5, 0.6) is 11.5 Å². The molecule has 3 rings (SSSR count). The van der Waals surface area contributed by atoms with Gasteiger partial charge < -0.3 is 19.5 Å². The van der Waals surface area contributed by atoms with Gasteiger partial charge in [-0.3, -0.25) is 0 Å². The highest BCUT2D eigenvalue weighted by Gasteiger charge is 2.13. The van der Waals surface area contributed by atoms with Gasteiger partial charge in [-0.25, -0.2) is 0 Å². The first-order chi connectivity index (χ1) is 10.4. The summed E-state index contributed by atoms with van der Waals surface area (Å²) < 4.78 is 17.0. The van der Waals surface area contributed by atoms with Crippen LogP contribution < -0.4 is 14.8 Å². The summed E-state index contributed by atoms with van der Waals surface area (Å²) in [5.74, 6) is 1.71. The molecule has 1 N–H and O–H groups in total. The number of hydrogen-bond donors (Lipinski definition) is 1. The van der Waals surface area contributed by atoms with Crippen LogP contribution in [0.25, 0.3) is 0 Å². The van der Waals surface area contributed by atoms with Crippen LogP contribution in [0, 0.1) is 0 Å². The van der Waals surface area contributed by atoms with Gasteiger partial charge in [-0.1, -0.05) is 25.3 Å². The van der Waals surface area contributed by atoms with E-state index in [9.17, 15) is 0 Å². The van der Waals surface area contributed by atoms with E-state index < -0.39 is 0 Å². The van der Waals surface area contributed by atoms with Crippen molar-refractivity contribution in [3.8, 4) is 11.5 Å². The van der Waals surface area contributed by atoms with E-state index in [0.29, 0.717) is 19.3 Å². The highest BCUT2D eigenvalue weighted by atomic mass is 16.6.